The minimum atomic E-state index is 0.329. The van der Waals surface area contributed by atoms with Crippen molar-refractivity contribution < 1.29 is 0 Å². The summed E-state index contributed by atoms with van der Waals surface area (Å²) in [7, 11) is 0. The Hall–Kier alpha value is -1.32. The van der Waals surface area contributed by atoms with Gasteiger partial charge >= 0.3 is 0 Å². The number of hydrogen-bond donors (Lipinski definition) is 2. The van der Waals surface area contributed by atoms with Crippen LogP contribution in [0.1, 0.15) is 18.2 Å². The molecule has 0 amide bonds. The Kier molecular flexibility index (Phi) is 2.88. The van der Waals surface area contributed by atoms with Crippen molar-refractivity contribution in [2.75, 3.05) is 13.1 Å². The molecule has 3 rings (SSSR count). The molecule has 1 aromatic heterocycles. The number of hydrogen-bond acceptors (Lipinski definition) is 2. The van der Waals surface area contributed by atoms with Crippen molar-refractivity contribution in [1.29, 1.82) is 0 Å². The van der Waals surface area contributed by atoms with Crippen LogP contribution >= 0.6 is 0 Å². The topological polar surface area (TPSA) is 45.0 Å². The van der Waals surface area contributed by atoms with Crippen LogP contribution in [0.25, 0.3) is 10.9 Å². The van der Waals surface area contributed by atoms with E-state index in [2.05, 4.69) is 48.0 Å². The third kappa shape index (κ3) is 1.93. The molecule has 1 aliphatic heterocycles. The maximum Gasteiger partial charge on any atom is 0.0459 e. The highest BCUT2D eigenvalue weighted by Crippen LogP contribution is 2.25. The molecule has 1 saturated heterocycles. The van der Waals surface area contributed by atoms with E-state index in [9.17, 15) is 0 Å². The number of H-pyrrole nitrogens is 1. The van der Waals surface area contributed by atoms with Gasteiger partial charge in [-0.15, -0.1) is 0 Å². The molecule has 18 heavy (non-hydrogen) atoms. The summed E-state index contributed by atoms with van der Waals surface area (Å²) in [5, 5.41) is 1.35. The highest BCUT2D eigenvalue weighted by Gasteiger charge is 2.27. The molecule has 3 nitrogen and oxygen atoms in total. The molecule has 3 N–H and O–H groups in total. The smallest absolute Gasteiger partial charge is 0.0459 e. The van der Waals surface area contributed by atoms with Gasteiger partial charge < -0.3 is 10.7 Å². The fraction of sp³-hybridized carbons (Fsp3) is 0.467. The molecule has 0 bridgehead atoms. The number of nitrogens with zero attached hydrogens (tertiary/aromatic N) is 1. The van der Waals surface area contributed by atoms with Crippen LogP contribution in [0.15, 0.2) is 24.3 Å². The predicted octanol–water partition coefficient (Wildman–Crippen LogP) is 2.26. The maximum absolute atomic E-state index is 6.10. The largest absolute Gasteiger partial charge is 0.358 e. The molecule has 2 aromatic rings. The van der Waals surface area contributed by atoms with Crippen molar-refractivity contribution in [2.24, 2.45) is 11.7 Å². The third-order valence-electron chi connectivity index (χ3n) is 4.15. The van der Waals surface area contributed by atoms with Gasteiger partial charge in [0, 0.05) is 42.3 Å². The lowest BCUT2D eigenvalue weighted by atomic mass is 10.1. The van der Waals surface area contributed by atoms with Crippen molar-refractivity contribution in [3.05, 3.63) is 35.5 Å². The fourth-order valence-corrected chi connectivity index (χ4v) is 2.99. The number of aromatic nitrogens is 1. The van der Waals surface area contributed by atoms with E-state index in [0.717, 1.165) is 19.6 Å². The Labute approximate surface area is 108 Å². The first-order chi connectivity index (χ1) is 8.65. The van der Waals surface area contributed by atoms with Crippen molar-refractivity contribution in [2.45, 2.75) is 26.4 Å². The predicted molar refractivity (Wildman–Crippen MR) is 75.5 cm³/mol. The van der Waals surface area contributed by atoms with Crippen LogP contribution < -0.4 is 5.73 Å². The summed E-state index contributed by atoms with van der Waals surface area (Å²) < 4.78 is 0. The van der Waals surface area contributed by atoms with Crippen LogP contribution in [0, 0.1) is 12.8 Å². The average molecular weight is 243 g/mol. The minimum absolute atomic E-state index is 0.329. The number of aromatic amines is 1. The Bertz CT molecular complexity index is 548. The Morgan fingerprint density at radius 2 is 2.11 bits per heavy atom. The van der Waals surface area contributed by atoms with E-state index in [1.54, 1.807) is 0 Å². The van der Waals surface area contributed by atoms with E-state index in [4.69, 9.17) is 5.73 Å². The summed E-state index contributed by atoms with van der Waals surface area (Å²) in [5.41, 5.74) is 10.0. The summed E-state index contributed by atoms with van der Waals surface area (Å²) in [6.45, 7) is 7.54. The lowest BCUT2D eigenvalue weighted by molar-refractivity contribution is 0.319. The van der Waals surface area contributed by atoms with Crippen LogP contribution in [0.5, 0.6) is 0 Å². The van der Waals surface area contributed by atoms with E-state index in [1.165, 1.54) is 22.2 Å². The van der Waals surface area contributed by atoms with E-state index in [-0.39, 0.29) is 0 Å². The van der Waals surface area contributed by atoms with Crippen LogP contribution in [-0.2, 0) is 6.54 Å². The zero-order valence-electron chi connectivity index (χ0n) is 11.1. The molecule has 1 aromatic carbocycles. The Morgan fingerprint density at radius 1 is 1.33 bits per heavy atom. The van der Waals surface area contributed by atoms with Gasteiger partial charge in [0.05, 0.1) is 0 Å². The molecule has 3 heteroatoms. The second kappa shape index (κ2) is 4.41. The molecule has 1 aliphatic rings. The molecule has 0 radical (unpaired) electrons. The monoisotopic (exact) mass is 243 g/mol. The summed E-state index contributed by atoms with van der Waals surface area (Å²) in [4.78, 5) is 5.94. The lowest BCUT2D eigenvalue weighted by Gasteiger charge is -2.15. The minimum Gasteiger partial charge on any atom is -0.358 e. The first kappa shape index (κ1) is 11.8. The molecule has 0 aliphatic carbocycles. The van der Waals surface area contributed by atoms with E-state index >= 15 is 0 Å². The summed E-state index contributed by atoms with van der Waals surface area (Å²) in [6.07, 6.45) is 0. The van der Waals surface area contributed by atoms with Gasteiger partial charge in [-0.1, -0.05) is 25.1 Å². The molecule has 96 valence electrons. The molecule has 2 atom stereocenters. The highest BCUT2D eigenvalue weighted by molar-refractivity contribution is 5.84. The summed E-state index contributed by atoms with van der Waals surface area (Å²) in [5.74, 6) is 0.607. The first-order valence-electron chi connectivity index (χ1n) is 6.69. The zero-order chi connectivity index (χ0) is 12.7. The van der Waals surface area contributed by atoms with Gasteiger partial charge in [0.15, 0.2) is 0 Å². The van der Waals surface area contributed by atoms with Gasteiger partial charge in [0.2, 0.25) is 0 Å². The lowest BCUT2D eigenvalue weighted by Crippen LogP contribution is -2.28. The number of fused-ring (bicyclic) bond motifs is 1. The number of rotatable bonds is 2. The number of likely N-dealkylation sites (tertiary alicyclic amines) is 1. The first-order valence-corrected chi connectivity index (χ1v) is 6.69. The normalized spacial score (nSPS) is 25.1. The van der Waals surface area contributed by atoms with Crippen LogP contribution in [-0.4, -0.2) is 29.0 Å². The number of benzene rings is 1. The second-order valence-electron chi connectivity index (χ2n) is 5.61. The van der Waals surface area contributed by atoms with E-state index in [1.807, 2.05) is 0 Å². The maximum atomic E-state index is 6.10. The molecule has 2 unspecified atom stereocenters. The summed E-state index contributed by atoms with van der Waals surface area (Å²) in [6, 6.07) is 8.86. The van der Waals surface area contributed by atoms with Crippen LogP contribution in [0.3, 0.4) is 0 Å². The quantitative estimate of drug-likeness (QED) is 0.849. The van der Waals surface area contributed by atoms with Crippen molar-refractivity contribution in [1.82, 2.24) is 9.88 Å². The Balaban J connectivity index is 1.89. The second-order valence-corrected chi connectivity index (χ2v) is 5.61. The highest BCUT2D eigenvalue weighted by atomic mass is 15.2. The molecular weight excluding hydrogens is 222 g/mol. The number of aryl methyl sites for hydroxylation is 1. The number of nitrogens with one attached hydrogen (secondary N) is 1. The number of nitrogens with two attached hydrogens (primary N) is 1. The van der Waals surface area contributed by atoms with Crippen LogP contribution in [0.2, 0.25) is 0 Å². The molecule has 1 fully saturated rings. The molecule has 2 heterocycles. The van der Waals surface area contributed by atoms with Crippen molar-refractivity contribution in [3.8, 4) is 0 Å². The average Bonchev–Trinajstić information content (AvgIpc) is 2.82. The van der Waals surface area contributed by atoms with Crippen LogP contribution in [0.4, 0.5) is 0 Å². The molecule has 0 spiro atoms. The van der Waals surface area contributed by atoms with Gasteiger partial charge in [-0.25, -0.2) is 0 Å². The van der Waals surface area contributed by atoms with Gasteiger partial charge in [-0.05, 0) is 24.5 Å². The van der Waals surface area contributed by atoms with Crippen molar-refractivity contribution in [3.63, 3.8) is 0 Å². The molecule has 0 saturated carbocycles. The standard InChI is InChI=1S/C15H21N3/c1-10-7-18(9-14(10)16)8-13-11(2)17-15-6-4-3-5-12(13)15/h3-6,10,14,17H,7-9,16H2,1-2H3. The van der Waals surface area contributed by atoms with E-state index < -0.39 is 0 Å². The SMILES string of the molecule is Cc1[nH]c2ccccc2c1CN1CC(C)C(N)C1. The van der Waals surface area contributed by atoms with E-state index in [0.29, 0.717) is 12.0 Å². The van der Waals surface area contributed by atoms with Gasteiger partial charge in [0.1, 0.15) is 0 Å². The van der Waals surface area contributed by atoms with Crippen molar-refractivity contribution >= 4 is 10.9 Å². The third-order valence-corrected chi connectivity index (χ3v) is 4.15. The molecular formula is C15H21N3. The summed E-state index contributed by atoms with van der Waals surface area (Å²) >= 11 is 0. The van der Waals surface area contributed by atoms with Gasteiger partial charge in [-0.3, -0.25) is 4.90 Å². The zero-order valence-corrected chi connectivity index (χ0v) is 11.1. The van der Waals surface area contributed by atoms with Gasteiger partial charge in [-0.2, -0.15) is 0 Å². The number of para-hydroxylation sites is 1. The van der Waals surface area contributed by atoms with Gasteiger partial charge in [0.25, 0.3) is 0 Å². The Morgan fingerprint density at radius 3 is 2.83 bits per heavy atom. The fourth-order valence-electron chi connectivity index (χ4n) is 2.99.